The van der Waals surface area contributed by atoms with Crippen molar-refractivity contribution in [1.29, 1.82) is 0 Å². The van der Waals surface area contributed by atoms with Gasteiger partial charge in [-0.2, -0.15) is 5.10 Å². The molecular formula is C26H28N2O3. The van der Waals surface area contributed by atoms with Gasteiger partial charge in [0.15, 0.2) is 6.61 Å². The topological polar surface area (TPSA) is 59.9 Å². The average molecular weight is 417 g/mol. The van der Waals surface area contributed by atoms with Gasteiger partial charge in [-0.15, -0.1) is 0 Å². The van der Waals surface area contributed by atoms with E-state index in [0.29, 0.717) is 6.61 Å². The maximum atomic E-state index is 12.0. The molecule has 1 amide bonds. The minimum Gasteiger partial charge on any atom is -0.489 e. The van der Waals surface area contributed by atoms with Crippen molar-refractivity contribution in [1.82, 2.24) is 5.43 Å². The quantitative estimate of drug-likeness (QED) is 0.414. The Morgan fingerprint density at radius 1 is 0.871 bits per heavy atom. The molecule has 0 atom stereocenters. The third-order valence-corrected chi connectivity index (χ3v) is 5.03. The summed E-state index contributed by atoms with van der Waals surface area (Å²) in [4.78, 5) is 12.0. The number of aryl methyl sites for hydroxylation is 3. The van der Waals surface area contributed by atoms with Gasteiger partial charge in [0.1, 0.15) is 18.1 Å². The van der Waals surface area contributed by atoms with Gasteiger partial charge in [0.25, 0.3) is 5.91 Å². The van der Waals surface area contributed by atoms with Crippen LogP contribution in [0.5, 0.6) is 11.5 Å². The van der Waals surface area contributed by atoms with E-state index in [1.807, 2.05) is 57.2 Å². The Labute approximate surface area is 183 Å². The molecule has 0 heterocycles. The monoisotopic (exact) mass is 416 g/mol. The number of rotatable bonds is 8. The number of ether oxygens (including phenoxy) is 2. The summed E-state index contributed by atoms with van der Waals surface area (Å²) in [6.45, 7) is 8.46. The van der Waals surface area contributed by atoms with E-state index in [1.54, 1.807) is 6.21 Å². The van der Waals surface area contributed by atoms with E-state index < -0.39 is 0 Å². The standard InChI is InChI=1S/C26H28N2O3/c1-18-5-9-23(10-6-18)16-30-24-13-11-22(12-14-24)15-27-28-25(29)17-31-26-20(3)8-7-19(2)21(26)4/h5-15H,16-17H2,1-4H3,(H,28,29)/b27-15+. The zero-order valence-corrected chi connectivity index (χ0v) is 18.4. The van der Waals surface area contributed by atoms with Crippen LogP contribution in [0.3, 0.4) is 0 Å². The van der Waals surface area contributed by atoms with E-state index in [-0.39, 0.29) is 12.5 Å². The zero-order chi connectivity index (χ0) is 22.2. The highest BCUT2D eigenvalue weighted by Gasteiger charge is 2.08. The molecule has 0 saturated carbocycles. The van der Waals surface area contributed by atoms with Gasteiger partial charge >= 0.3 is 0 Å². The number of hydrogen-bond donors (Lipinski definition) is 1. The van der Waals surface area contributed by atoms with Crippen LogP contribution in [0.4, 0.5) is 0 Å². The van der Waals surface area contributed by atoms with Crippen molar-refractivity contribution in [3.8, 4) is 11.5 Å². The second kappa shape index (κ2) is 10.4. The number of nitrogens with one attached hydrogen (secondary N) is 1. The highest BCUT2D eigenvalue weighted by molar-refractivity contribution is 5.83. The molecule has 0 bridgehead atoms. The van der Waals surface area contributed by atoms with Crippen LogP contribution in [0, 0.1) is 27.7 Å². The van der Waals surface area contributed by atoms with E-state index in [0.717, 1.165) is 39.3 Å². The third-order valence-electron chi connectivity index (χ3n) is 5.03. The minimum atomic E-state index is -0.311. The maximum Gasteiger partial charge on any atom is 0.277 e. The van der Waals surface area contributed by atoms with Gasteiger partial charge in [0.05, 0.1) is 6.21 Å². The van der Waals surface area contributed by atoms with Crippen LogP contribution in [0.1, 0.15) is 33.4 Å². The summed E-state index contributed by atoms with van der Waals surface area (Å²) in [5.41, 5.74) is 8.88. The Bertz CT molecular complexity index is 1060. The van der Waals surface area contributed by atoms with Gasteiger partial charge in [-0.3, -0.25) is 4.79 Å². The predicted octanol–water partition coefficient (Wildman–Crippen LogP) is 5.03. The van der Waals surface area contributed by atoms with Crippen LogP contribution in [0.15, 0.2) is 65.8 Å². The summed E-state index contributed by atoms with van der Waals surface area (Å²) in [5, 5.41) is 4.00. The average Bonchev–Trinajstić information content (AvgIpc) is 2.77. The highest BCUT2D eigenvalue weighted by Crippen LogP contribution is 2.25. The molecule has 0 aliphatic carbocycles. The molecule has 5 heteroatoms. The molecule has 0 spiro atoms. The van der Waals surface area contributed by atoms with Crippen LogP contribution in [-0.4, -0.2) is 18.7 Å². The molecule has 3 rings (SSSR count). The Hall–Kier alpha value is -3.60. The Morgan fingerprint density at radius 2 is 1.55 bits per heavy atom. The van der Waals surface area contributed by atoms with E-state index >= 15 is 0 Å². The maximum absolute atomic E-state index is 12.0. The normalized spacial score (nSPS) is 10.8. The number of nitrogens with zero attached hydrogens (tertiary/aromatic N) is 1. The highest BCUT2D eigenvalue weighted by atomic mass is 16.5. The SMILES string of the molecule is Cc1ccc(COc2ccc(/C=N/NC(=O)COc3c(C)ccc(C)c3C)cc2)cc1. The molecule has 0 radical (unpaired) electrons. The fourth-order valence-electron chi connectivity index (χ4n) is 3.00. The number of carbonyl (C=O) groups is 1. The molecule has 3 aromatic carbocycles. The van der Waals surface area contributed by atoms with Gasteiger partial charge in [-0.05, 0) is 79.8 Å². The van der Waals surface area contributed by atoms with Crippen LogP contribution >= 0.6 is 0 Å². The molecule has 0 fully saturated rings. The Kier molecular flexibility index (Phi) is 7.44. The zero-order valence-electron chi connectivity index (χ0n) is 18.4. The van der Waals surface area contributed by atoms with Crippen LogP contribution < -0.4 is 14.9 Å². The van der Waals surface area contributed by atoms with Crippen LogP contribution in [0.25, 0.3) is 0 Å². The number of amides is 1. The smallest absolute Gasteiger partial charge is 0.277 e. The number of hydrogen-bond acceptors (Lipinski definition) is 4. The van der Waals surface area contributed by atoms with E-state index in [4.69, 9.17) is 9.47 Å². The van der Waals surface area contributed by atoms with Crippen molar-refractivity contribution in [3.63, 3.8) is 0 Å². The molecule has 1 N–H and O–H groups in total. The fourth-order valence-corrected chi connectivity index (χ4v) is 3.00. The molecule has 5 nitrogen and oxygen atoms in total. The molecule has 0 saturated heterocycles. The van der Waals surface area contributed by atoms with E-state index in [2.05, 4.69) is 41.7 Å². The number of benzene rings is 3. The molecule has 0 aliphatic rings. The molecule has 31 heavy (non-hydrogen) atoms. The lowest BCUT2D eigenvalue weighted by atomic mass is 10.1. The van der Waals surface area contributed by atoms with Crippen molar-refractivity contribution in [3.05, 3.63) is 94.0 Å². The van der Waals surface area contributed by atoms with E-state index in [1.165, 1.54) is 5.56 Å². The molecule has 3 aromatic rings. The summed E-state index contributed by atoms with van der Waals surface area (Å²) in [6, 6.07) is 19.8. The van der Waals surface area contributed by atoms with Gasteiger partial charge in [-0.25, -0.2) is 5.43 Å². The first-order valence-electron chi connectivity index (χ1n) is 10.2. The first kappa shape index (κ1) is 22.1. The first-order valence-corrected chi connectivity index (χ1v) is 10.2. The Balaban J connectivity index is 1.45. The predicted molar refractivity (Wildman–Crippen MR) is 124 cm³/mol. The summed E-state index contributed by atoms with van der Waals surface area (Å²) >= 11 is 0. The number of carbonyl (C=O) groups excluding carboxylic acids is 1. The largest absolute Gasteiger partial charge is 0.489 e. The lowest BCUT2D eigenvalue weighted by Gasteiger charge is -2.13. The summed E-state index contributed by atoms with van der Waals surface area (Å²) in [6.07, 6.45) is 1.59. The molecule has 0 aliphatic heterocycles. The van der Waals surface area contributed by atoms with Crippen molar-refractivity contribution < 1.29 is 14.3 Å². The minimum absolute atomic E-state index is 0.0890. The van der Waals surface area contributed by atoms with Crippen molar-refractivity contribution in [2.24, 2.45) is 5.10 Å². The molecule has 0 unspecified atom stereocenters. The van der Waals surface area contributed by atoms with Gasteiger partial charge < -0.3 is 9.47 Å². The van der Waals surface area contributed by atoms with E-state index in [9.17, 15) is 4.79 Å². The van der Waals surface area contributed by atoms with Gasteiger partial charge in [0.2, 0.25) is 0 Å². The second-order valence-electron chi connectivity index (χ2n) is 7.58. The lowest BCUT2D eigenvalue weighted by molar-refractivity contribution is -0.123. The molecule has 160 valence electrons. The van der Waals surface area contributed by atoms with Crippen molar-refractivity contribution in [2.75, 3.05) is 6.61 Å². The van der Waals surface area contributed by atoms with Crippen LogP contribution in [-0.2, 0) is 11.4 Å². The summed E-state index contributed by atoms with van der Waals surface area (Å²) < 4.78 is 11.5. The van der Waals surface area contributed by atoms with Crippen molar-refractivity contribution in [2.45, 2.75) is 34.3 Å². The van der Waals surface area contributed by atoms with Gasteiger partial charge in [0, 0.05) is 0 Å². The summed E-state index contributed by atoms with van der Waals surface area (Å²) in [7, 11) is 0. The fraction of sp³-hybridized carbons (Fsp3) is 0.231. The second-order valence-corrected chi connectivity index (χ2v) is 7.58. The number of hydrazone groups is 1. The summed E-state index contributed by atoms with van der Waals surface area (Å²) in [5.74, 6) is 1.22. The van der Waals surface area contributed by atoms with Crippen molar-refractivity contribution >= 4 is 12.1 Å². The first-order chi connectivity index (χ1) is 14.9. The molecular weight excluding hydrogens is 388 g/mol. The van der Waals surface area contributed by atoms with Gasteiger partial charge in [-0.1, -0.05) is 42.0 Å². The third kappa shape index (κ3) is 6.44. The Morgan fingerprint density at radius 3 is 2.26 bits per heavy atom. The lowest BCUT2D eigenvalue weighted by Crippen LogP contribution is -2.25. The molecule has 0 aromatic heterocycles. The van der Waals surface area contributed by atoms with Crippen LogP contribution in [0.2, 0.25) is 0 Å².